The topological polar surface area (TPSA) is 51.8 Å². The van der Waals surface area contributed by atoms with Gasteiger partial charge in [-0.15, -0.1) is 0 Å². The van der Waals surface area contributed by atoms with E-state index in [9.17, 15) is 0 Å². The summed E-state index contributed by atoms with van der Waals surface area (Å²) in [6.07, 6.45) is 3.86. The lowest BCUT2D eigenvalue weighted by molar-refractivity contribution is 0.695. The van der Waals surface area contributed by atoms with E-state index in [0.717, 1.165) is 24.4 Å². The van der Waals surface area contributed by atoms with Crippen LogP contribution in [0.2, 0.25) is 0 Å². The van der Waals surface area contributed by atoms with Gasteiger partial charge < -0.3 is 5.73 Å². The zero-order valence-corrected chi connectivity index (χ0v) is 9.18. The Morgan fingerprint density at radius 1 is 1.64 bits per heavy atom. The smallest absolute Gasteiger partial charge is 0.130 e. The third-order valence-corrected chi connectivity index (χ3v) is 3.23. The maximum Gasteiger partial charge on any atom is 0.130 e. The van der Waals surface area contributed by atoms with Crippen LogP contribution in [0.1, 0.15) is 24.0 Å². The second-order valence-electron chi connectivity index (χ2n) is 3.74. The monoisotopic (exact) mass is 209 g/mol. The highest BCUT2D eigenvalue weighted by Gasteiger charge is 2.12. The van der Waals surface area contributed by atoms with E-state index in [1.807, 2.05) is 24.9 Å². The van der Waals surface area contributed by atoms with Crippen LogP contribution in [0.15, 0.2) is 6.20 Å². The van der Waals surface area contributed by atoms with Crippen LogP contribution < -0.4 is 5.73 Å². The fourth-order valence-electron chi connectivity index (χ4n) is 1.55. The SMILES string of the molecule is CC(N)Cc1ncc2c(n1)CSCC2. The molecule has 0 radical (unpaired) electrons. The molecule has 3 nitrogen and oxygen atoms in total. The van der Waals surface area contributed by atoms with E-state index < -0.39 is 0 Å². The molecule has 1 atom stereocenters. The van der Waals surface area contributed by atoms with E-state index in [1.54, 1.807) is 0 Å². The minimum absolute atomic E-state index is 0.143. The van der Waals surface area contributed by atoms with Crippen LogP contribution in [0.25, 0.3) is 0 Å². The van der Waals surface area contributed by atoms with Gasteiger partial charge >= 0.3 is 0 Å². The Balaban J connectivity index is 2.20. The molecule has 1 aliphatic rings. The van der Waals surface area contributed by atoms with Crippen molar-refractivity contribution in [1.29, 1.82) is 0 Å². The van der Waals surface area contributed by atoms with E-state index in [-0.39, 0.29) is 6.04 Å². The molecule has 0 spiro atoms. The lowest BCUT2D eigenvalue weighted by Crippen LogP contribution is -2.20. The highest BCUT2D eigenvalue weighted by molar-refractivity contribution is 7.98. The van der Waals surface area contributed by atoms with Crippen LogP contribution >= 0.6 is 11.8 Å². The highest BCUT2D eigenvalue weighted by atomic mass is 32.2. The zero-order chi connectivity index (χ0) is 9.97. The van der Waals surface area contributed by atoms with Crippen molar-refractivity contribution in [2.24, 2.45) is 5.73 Å². The number of aromatic nitrogens is 2. The fraction of sp³-hybridized carbons (Fsp3) is 0.600. The molecule has 0 bridgehead atoms. The second kappa shape index (κ2) is 4.28. The molecule has 76 valence electrons. The molecule has 0 fully saturated rings. The third-order valence-electron chi connectivity index (χ3n) is 2.26. The number of aryl methyl sites for hydroxylation is 1. The first-order chi connectivity index (χ1) is 6.75. The molecule has 0 amide bonds. The summed E-state index contributed by atoms with van der Waals surface area (Å²) in [6.45, 7) is 1.98. The zero-order valence-electron chi connectivity index (χ0n) is 8.36. The van der Waals surface area contributed by atoms with Crippen molar-refractivity contribution in [3.8, 4) is 0 Å². The average Bonchev–Trinajstić information content (AvgIpc) is 2.17. The lowest BCUT2D eigenvalue weighted by atomic mass is 10.1. The Labute approximate surface area is 88.5 Å². The van der Waals surface area contributed by atoms with Crippen molar-refractivity contribution < 1.29 is 0 Å². The summed E-state index contributed by atoms with van der Waals surface area (Å²) >= 11 is 1.94. The Bertz CT molecular complexity index is 325. The summed E-state index contributed by atoms with van der Waals surface area (Å²) in [5.74, 6) is 3.12. The van der Waals surface area contributed by atoms with Crippen LogP contribution in [-0.4, -0.2) is 21.8 Å². The van der Waals surface area contributed by atoms with Crippen LogP contribution in [0.4, 0.5) is 0 Å². The number of fused-ring (bicyclic) bond motifs is 1. The number of nitrogens with zero attached hydrogens (tertiary/aromatic N) is 2. The van der Waals surface area contributed by atoms with Crippen molar-refractivity contribution >= 4 is 11.8 Å². The number of hydrogen-bond acceptors (Lipinski definition) is 4. The van der Waals surface area contributed by atoms with Crippen molar-refractivity contribution in [2.45, 2.75) is 31.6 Å². The molecule has 2 N–H and O–H groups in total. The van der Waals surface area contributed by atoms with Gasteiger partial charge in [-0.25, -0.2) is 9.97 Å². The minimum Gasteiger partial charge on any atom is -0.328 e. The first-order valence-electron chi connectivity index (χ1n) is 4.92. The summed E-state index contributed by atoms with van der Waals surface area (Å²) in [5.41, 5.74) is 8.25. The molecule has 0 aromatic carbocycles. The number of rotatable bonds is 2. The van der Waals surface area contributed by atoms with Crippen LogP contribution in [0, 0.1) is 0 Å². The minimum atomic E-state index is 0.143. The molecule has 1 unspecified atom stereocenters. The molecule has 1 aromatic rings. The molecular formula is C10H15N3S. The average molecular weight is 209 g/mol. The van der Waals surface area contributed by atoms with Crippen LogP contribution in [0.5, 0.6) is 0 Å². The van der Waals surface area contributed by atoms with E-state index in [4.69, 9.17) is 5.73 Å². The second-order valence-corrected chi connectivity index (χ2v) is 4.85. The summed E-state index contributed by atoms with van der Waals surface area (Å²) in [5, 5.41) is 0. The molecule has 14 heavy (non-hydrogen) atoms. The molecule has 0 aliphatic carbocycles. The largest absolute Gasteiger partial charge is 0.328 e. The molecule has 2 rings (SSSR count). The van der Waals surface area contributed by atoms with Gasteiger partial charge in [0.15, 0.2) is 0 Å². The Morgan fingerprint density at radius 2 is 2.50 bits per heavy atom. The lowest BCUT2D eigenvalue weighted by Gasteiger charge is -2.14. The van der Waals surface area contributed by atoms with Gasteiger partial charge in [-0.2, -0.15) is 11.8 Å². The quantitative estimate of drug-likeness (QED) is 0.794. The van der Waals surface area contributed by atoms with Crippen molar-refractivity contribution in [3.63, 3.8) is 0 Å². The summed E-state index contributed by atoms with van der Waals surface area (Å²) in [7, 11) is 0. The maximum absolute atomic E-state index is 5.72. The van der Waals surface area contributed by atoms with Gasteiger partial charge in [0.1, 0.15) is 5.82 Å². The maximum atomic E-state index is 5.72. The summed E-state index contributed by atoms with van der Waals surface area (Å²) in [6, 6.07) is 0.143. The highest BCUT2D eigenvalue weighted by Crippen LogP contribution is 2.22. The molecule has 0 saturated heterocycles. The number of hydrogen-bond donors (Lipinski definition) is 1. The van der Waals surface area contributed by atoms with Gasteiger partial charge in [-0.05, 0) is 24.7 Å². The predicted molar refractivity (Wildman–Crippen MR) is 59.3 cm³/mol. The van der Waals surface area contributed by atoms with Crippen LogP contribution in [0.3, 0.4) is 0 Å². The standard InChI is InChI=1S/C10H15N3S/c1-7(11)4-10-12-5-8-2-3-14-6-9(8)13-10/h5,7H,2-4,6,11H2,1H3. The van der Waals surface area contributed by atoms with Gasteiger partial charge in [-0.3, -0.25) is 0 Å². The van der Waals surface area contributed by atoms with Gasteiger partial charge in [0.25, 0.3) is 0 Å². The first-order valence-corrected chi connectivity index (χ1v) is 6.08. The van der Waals surface area contributed by atoms with Gasteiger partial charge in [0.05, 0.1) is 5.69 Å². The molecule has 4 heteroatoms. The number of thioether (sulfide) groups is 1. The number of nitrogens with two attached hydrogens (primary N) is 1. The van der Waals surface area contributed by atoms with Crippen LogP contribution in [-0.2, 0) is 18.6 Å². The molecule has 2 heterocycles. The third kappa shape index (κ3) is 2.25. The summed E-state index contributed by atoms with van der Waals surface area (Å²) < 4.78 is 0. The predicted octanol–water partition coefficient (Wildman–Crippen LogP) is 1.16. The fourth-order valence-corrected chi connectivity index (χ4v) is 2.51. The van der Waals surface area contributed by atoms with Gasteiger partial charge in [-0.1, -0.05) is 0 Å². The van der Waals surface area contributed by atoms with Gasteiger partial charge in [0.2, 0.25) is 0 Å². The Morgan fingerprint density at radius 3 is 3.29 bits per heavy atom. The summed E-state index contributed by atoms with van der Waals surface area (Å²) in [4.78, 5) is 8.87. The van der Waals surface area contributed by atoms with Gasteiger partial charge in [0, 0.05) is 24.4 Å². The first kappa shape index (κ1) is 9.93. The van der Waals surface area contributed by atoms with E-state index >= 15 is 0 Å². The molecule has 1 aliphatic heterocycles. The van der Waals surface area contributed by atoms with Crippen molar-refractivity contribution in [2.75, 3.05) is 5.75 Å². The molecule has 0 saturated carbocycles. The van der Waals surface area contributed by atoms with E-state index in [2.05, 4.69) is 9.97 Å². The van der Waals surface area contributed by atoms with Crippen molar-refractivity contribution in [1.82, 2.24) is 9.97 Å². The van der Waals surface area contributed by atoms with E-state index in [0.29, 0.717) is 0 Å². The van der Waals surface area contributed by atoms with Crippen molar-refractivity contribution in [3.05, 3.63) is 23.3 Å². The van der Waals surface area contributed by atoms with E-state index in [1.165, 1.54) is 17.0 Å². The molecular weight excluding hydrogens is 194 g/mol. The Kier molecular flexibility index (Phi) is 3.03. The normalized spacial score (nSPS) is 17.6. The molecule has 1 aromatic heterocycles. The Hall–Kier alpha value is -0.610.